The molecule has 4 N–H and O–H groups in total. The predicted molar refractivity (Wildman–Crippen MR) is 138 cm³/mol. The Morgan fingerprint density at radius 3 is 2.92 bits per heavy atom. The fourth-order valence-corrected chi connectivity index (χ4v) is 5.85. The van der Waals surface area contributed by atoms with Crippen LogP contribution < -0.4 is 21.1 Å². The van der Waals surface area contributed by atoms with Crippen molar-refractivity contribution in [2.75, 3.05) is 44.0 Å². The van der Waals surface area contributed by atoms with Gasteiger partial charge in [0.2, 0.25) is 5.95 Å². The molecule has 0 atom stereocenters. The maximum Gasteiger partial charge on any atom is 0.251 e. The summed E-state index contributed by atoms with van der Waals surface area (Å²) in [6, 6.07) is 9.63. The number of hydrogen-bond donors (Lipinski definition) is 3. The Labute approximate surface area is 214 Å². The first-order valence-electron chi connectivity index (χ1n) is 12.7. The summed E-state index contributed by atoms with van der Waals surface area (Å²) in [4.78, 5) is 27.9. The van der Waals surface area contributed by atoms with Crippen molar-refractivity contribution in [1.82, 2.24) is 25.2 Å². The van der Waals surface area contributed by atoms with Crippen molar-refractivity contribution in [2.45, 2.75) is 31.8 Å². The van der Waals surface area contributed by atoms with Gasteiger partial charge in [-0.15, -0.1) is 0 Å². The molecule has 37 heavy (non-hydrogen) atoms. The fourth-order valence-electron chi connectivity index (χ4n) is 5.85. The van der Waals surface area contributed by atoms with Gasteiger partial charge in [-0.05, 0) is 42.0 Å². The highest BCUT2D eigenvalue weighted by atomic mass is 19.1. The summed E-state index contributed by atoms with van der Waals surface area (Å²) in [6.07, 6.45) is 6.05. The van der Waals surface area contributed by atoms with Gasteiger partial charge in [0, 0.05) is 62.2 Å². The minimum absolute atomic E-state index is 0.0532. The zero-order valence-corrected chi connectivity index (χ0v) is 20.5. The van der Waals surface area contributed by atoms with Gasteiger partial charge in [-0.1, -0.05) is 12.1 Å². The zero-order valence-electron chi connectivity index (χ0n) is 20.5. The summed E-state index contributed by atoms with van der Waals surface area (Å²) >= 11 is 0. The molecule has 3 aromatic rings. The highest BCUT2D eigenvalue weighted by Crippen LogP contribution is 2.48. The molecule has 6 rings (SSSR count). The lowest BCUT2D eigenvalue weighted by Crippen LogP contribution is -2.66. The van der Waals surface area contributed by atoms with Crippen LogP contribution in [0.2, 0.25) is 0 Å². The minimum Gasteiger partial charge on any atom is -0.492 e. The number of benzene rings is 1. The summed E-state index contributed by atoms with van der Waals surface area (Å²) in [5.74, 6) is 1.68. The number of ether oxygens (including phenoxy) is 1. The van der Waals surface area contributed by atoms with Gasteiger partial charge in [-0.2, -0.15) is 0 Å². The standard InChI is InChI=1S/C27H30FN7O2/c28-6-8-35-15-27(16-35)11-19(12-27)33-25(36)18-3-1-2-17(10-18)13-31-24-20-5-9-37-23(20)21(14-32-24)22-4-7-30-26(29)34-22/h1-4,7,10,14,19H,5-6,8-9,11-13,15-16H2,(H,31,32)(H,33,36)(H2,29,30,34). The summed E-state index contributed by atoms with van der Waals surface area (Å²) in [6.45, 7) is 3.22. The number of likely N-dealkylation sites (tertiary alicyclic amines) is 1. The van der Waals surface area contributed by atoms with Gasteiger partial charge in [0.25, 0.3) is 5.91 Å². The second-order valence-electron chi connectivity index (χ2n) is 10.3. The van der Waals surface area contributed by atoms with E-state index in [4.69, 9.17) is 10.5 Å². The van der Waals surface area contributed by atoms with Gasteiger partial charge >= 0.3 is 0 Å². The first-order valence-corrected chi connectivity index (χ1v) is 12.7. The summed E-state index contributed by atoms with van der Waals surface area (Å²) < 4.78 is 18.4. The maximum absolute atomic E-state index is 12.9. The second-order valence-corrected chi connectivity index (χ2v) is 10.3. The average molecular weight is 504 g/mol. The van der Waals surface area contributed by atoms with Crippen LogP contribution in [0.3, 0.4) is 0 Å². The van der Waals surface area contributed by atoms with E-state index in [-0.39, 0.29) is 30.0 Å². The van der Waals surface area contributed by atoms with E-state index < -0.39 is 0 Å². The van der Waals surface area contributed by atoms with Crippen LogP contribution in [0.5, 0.6) is 5.75 Å². The first kappa shape index (κ1) is 23.6. The number of pyridine rings is 1. The van der Waals surface area contributed by atoms with Crippen LogP contribution >= 0.6 is 0 Å². The molecular formula is C27H30FN7O2. The van der Waals surface area contributed by atoms with Gasteiger partial charge in [0.1, 0.15) is 18.2 Å². The lowest BCUT2D eigenvalue weighted by atomic mass is 9.60. The Balaban J connectivity index is 1.08. The summed E-state index contributed by atoms with van der Waals surface area (Å²) in [5.41, 5.74) is 10.1. The Kier molecular flexibility index (Phi) is 6.11. The topological polar surface area (TPSA) is 118 Å². The Hall–Kier alpha value is -3.79. The third-order valence-corrected chi connectivity index (χ3v) is 7.54. The van der Waals surface area contributed by atoms with Gasteiger partial charge < -0.3 is 21.1 Å². The highest BCUT2D eigenvalue weighted by Gasteiger charge is 2.52. The Bertz CT molecular complexity index is 1320. The number of carbonyl (C=O) groups excluding carboxylic acids is 1. The number of halogens is 1. The molecule has 1 saturated carbocycles. The van der Waals surface area contributed by atoms with E-state index >= 15 is 0 Å². The number of rotatable bonds is 8. The lowest BCUT2D eigenvalue weighted by Gasteiger charge is -2.59. The van der Waals surface area contributed by atoms with E-state index in [1.165, 1.54) is 0 Å². The van der Waals surface area contributed by atoms with Crippen LogP contribution in [-0.4, -0.2) is 64.7 Å². The first-order chi connectivity index (χ1) is 18.0. The molecule has 2 aromatic heterocycles. The van der Waals surface area contributed by atoms with Crippen molar-refractivity contribution in [3.05, 3.63) is 59.4 Å². The molecule has 0 bridgehead atoms. The predicted octanol–water partition coefficient (Wildman–Crippen LogP) is 2.83. The number of amides is 1. The molecule has 1 amide bonds. The van der Waals surface area contributed by atoms with E-state index in [1.807, 2.05) is 24.3 Å². The van der Waals surface area contributed by atoms with Gasteiger partial charge in [-0.3, -0.25) is 9.69 Å². The van der Waals surface area contributed by atoms with Crippen molar-refractivity contribution in [1.29, 1.82) is 0 Å². The molecule has 0 radical (unpaired) electrons. The molecule has 10 heteroatoms. The van der Waals surface area contributed by atoms with E-state index in [9.17, 15) is 9.18 Å². The van der Waals surface area contributed by atoms with Crippen molar-refractivity contribution in [3.63, 3.8) is 0 Å². The number of nitrogens with two attached hydrogens (primary N) is 1. The van der Waals surface area contributed by atoms with Crippen LogP contribution in [0, 0.1) is 5.41 Å². The SMILES string of the molecule is Nc1nccc(-c2cnc(NCc3cccc(C(=O)NC4CC5(C4)CN(CCF)C5)c3)c3c2OCC3)n1. The quantitative estimate of drug-likeness (QED) is 0.430. The summed E-state index contributed by atoms with van der Waals surface area (Å²) in [5, 5.41) is 6.57. The molecule has 9 nitrogen and oxygen atoms in total. The van der Waals surface area contributed by atoms with Crippen molar-refractivity contribution >= 4 is 17.7 Å². The number of hydrogen-bond acceptors (Lipinski definition) is 8. The van der Waals surface area contributed by atoms with E-state index in [1.54, 1.807) is 18.5 Å². The molecule has 192 valence electrons. The van der Waals surface area contributed by atoms with E-state index in [0.717, 1.165) is 60.6 Å². The van der Waals surface area contributed by atoms with Crippen LogP contribution in [0.4, 0.5) is 16.2 Å². The minimum atomic E-state index is -0.294. The van der Waals surface area contributed by atoms with E-state index in [0.29, 0.717) is 31.0 Å². The molecule has 3 aliphatic rings. The van der Waals surface area contributed by atoms with Gasteiger partial charge in [-0.25, -0.2) is 19.3 Å². The number of nitrogens with one attached hydrogen (secondary N) is 2. The van der Waals surface area contributed by atoms with Crippen LogP contribution in [0.15, 0.2) is 42.7 Å². The molecule has 0 unspecified atom stereocenters. The third kappa shape index (κ3) is 4.69. The number of nitrogens with zero attached hydrogens (tertiary/aromatic N) is 4. The van der Waals surface area contributed by atoms with E-state index in [2.05, 4.69) is 30.5 Å². The highest BCUT2D eigenvalue weighted by molar-refractivity contribution is 5.94. The van der Waals surface area contributed by atoms with Crippen molar-refractivity contribution in [3.8, 4) is 17.0 Å². The number of fused-ring (bicyclic) bond motifs is 1. The fraction of sp³-hybridized carbons (Fsp3) is 0.407. The molecule has 1 aliphatic carbocycles. The molecular weight excluding hydrogens is 473 g/mol. The number of aromatic nitrogens is 3. The monoisotopic (exact) mass is 503 g/mol. The smallest absolute Gasteiger partial charge is 0.251 e. The lowest BCUT2D eigenvalue weighted by molar-refractivity contribution is -0.0777. The Morgan fingerprint density at radius 2 is 2.11 bits per heavy atom. The molecule has 2 fully saturated rings. The molecule has 4 heterocycles. The third-order valence-electron chi connectivity index (χ3n) is 7.54. The normalized spacial score (nSPS) is 18.0. The zero-order chi connectivity index (χ0) is 25.4. The molecule has 1 aromatic carbocycles. The molecule has 1 spiro atoms. The maximum atomic E-state index is 12.9. The number of nitrogen functional groups attached to an aromatic ring is 1. The largest absolute Gasteiger partial charge is 0.492 e. The number of anilines is 2. The van der Waals surface area contributed by atoms with Crippen molar-refractivity contribution in [2.24, 2.45) is 5.41 Å². The second kappa shape index (κ2) is 9.59. The number of carbonyl (C=O) groups is 1. The average Bonchev–Trinajstić information content (AvgIpc) is 3.35. The Morgan fingerprint density at radius 1 is 1.24 bits per heavy atom. The molecule has 2 aliphatic heterocycles. The van der Waals surface area contributed by atoms with Crippen LogP contribution in [0.25, 0.3) is 11.3 Å². The summed E-state index contributed by atoms with van der Waals surface area (Å²) in [7, 11) is 0. The van der Waals surface area contributed by atoms with Gasteiger partial charge in [0.05, 0.1) is 17.9 Å². The van der Waals surface area contributed by atoms with Gasteiger partial charge in [0.15, 0.2) is 0 Å². The van der Waals surface area contributed by atoms with Crippen LogP contribution in [-0.2, 0) is 13.0 Å². The number of alkyl halides is 1. The molecule has 1 saturated heterocycles. The van der Waals surface area contributed by atoms with Crippen molar-refractivity contribution < 1.29 is 13.9 Å². The van der Waals surface area contributed by atoms with Crippen LogP contribution in [0.1, 0.15) is 34.3 Å².